The number of aromatic nitrogens is 3. The lowest BCUT2D eigenvalue weighted by Gasteiger charge is -2.29. The van der Waals surface area contributed by atoms with E-state index in [2.05, 4.69) is 10.3 Å². The van der Waals surface area contributed by atoms with Crippen molar-refractivity contribution in [2.24, 2.45) is 0 Å². The Morgan fingerprint density at radius 2 is 1.95 bits per heavy atom. The fourth-order valence-electron chi connectivity index (χ4n) is 4.53. The highest BCUT2D eigenvalue weighted by molar-refractivity contribution is 6.31. The Kier molecular flexibility index (Phi) is 7.30. The van der Waals surface area contributed by atoms with Crippen LogP contribution >= 0.6 is 11.6 Å². The first-order valence-electron chi connectivity index (χ1n) is 12.1. The number of ether oxygens (including phenoxy) is 1. The Morgan fingerprint density at radius 3 is 2.59 bits per heavy atom. The number of nitrogens with two attached hydrogens (primary N) is 1. The summed E-state index contributed by atoms with van der Waals surface area (Å²) >= 11 is 6.41. The number of nitrogens with one attached hydrogen (secondary N) is 1. The minimum absolute atomic E-state index is 0.156. The van der Waals surface area contributed by atoms with Crippen LogP contribution in [0.15, 0.2) is 48.8 Å². The molecule has 4 rings (SSSR count). The number of carbonyl (C=O) groups is 1. The fourth-order valence-corrected chi connectivity index (χ4v) is 5.46. The van der Waals surface area contributed by atoms with E-state index < -0.39 is 16.8 Å². The van der Waals surface area contributed by atoms with Crippen LogP contribution in [0.3, 0.4) is 0 Å². The summed E-state index contributed by atoms with van der Waals surface area (Å²) < 4.78 is 23.6. The summed E-state index contributed by atoms with van der Waals surface area (Å²) in [5, 5.41) is 2.01. The third-order valence-corrected chi connectivity index (χ3v) is 7.65. The maximum absolute atomic E-state index is 15.6. The van der Waals surface area contributed by atoms with E-state index in [1.165, 1.54) is 0 Å². The summed E-state index contributed by atoms with van der Waals surface area (Å²) in [4.78, 5) is 22.6. The molecule has 2 aromatic heterocycles. The summed E-state index contributed by atoms with van der Waals surface area (Å²) in [6.07, 6.45) is 3.08. The first-order chi connectivity index (χ1) is 17.4. The van der Waals surface area contributed by atoms with Gasteiger partial charge in [-0.3, -0.25) is 9.20 Å². The Labute approximate surface area is 223 Å². The van der Waals surface area contributed by atoms with Gasteiger partial charge < -0.3 is 15.8 Å². The van der Waals surface area contributed by atoms with Crippen molar-refractivity contribution in [2.45, 2.75) is 51.8 Å². The predicted octanol–water partition coefficient (Wildman–Crippen LogP) is 4.32. The van der Waals surface area contributed by atoms with Gasteiger partial charge in [-0.05, 0) is 39.3 Å². The number of aryl methyl sites for hydroxylation is 1. The van der Waals surface area contributed by atoms with E-state index in [0.717, 1.165) is 11.3 Å². The van der Waals surface area contributed by atoms with Crippen LogP contribution in [0.2, 0.25) is 5.02 Å². The molecule has 4 aromatic rings. The molecule has 0 fully saturated rings. The number of anilines is 1. The number of rotatable bonds is 7. The molecule has 0 bridgehead atoms. The number of fused-ring (bicyclic) bond motifs is 1. The zero-order valence-corrected chi connectivity index (χ0v) is 24.5. The van der Waals surface area contributed by atoms with Crippen LogP contribution in [0, 0.1) is 12.7 Å². The van der Waals surface area contributed by atoms with E-state index in [0.29, 0.717) is 33.0 Å². The van der Waals surface area contributed by atoms with Crippen molar-refractivity contribution in [1.82, 2.24) is 19.7 Å². The zero-order valence-electron chi connectivity index (χ0n) is 21.8. The van der Waals surface area contributed by atoms with Gasteiger partial charge in [0, 0.05) is 33.2 Å². The van der Waals surface area contributed by atoms with Gasteiger partial charge >= 0.3 is 0 Å². The minimum Gasteiger partial charge on any atom is -0.490 e. The highest BCUT2D eigenvalue weighted by Crippen LogP contribution is 2.42. The molecule has 0 saturated carbocycles. The third-order valence-electron chi connectivity index (χ3n) is 6.39. The molecule has 2 aromatic carbocycles. The normalized spacial score (nSPS) is 14.1. The van der Waals surface area contributed by atoms with Gasteiger partial charge in [-0.2, -0.15) is 0 Å². The molecular formula is C27H31ClFN5O2Si. The van der Waals surface area contributed by atoms with Crippen molar-refractivity contribution in [1.29, 1.82) is 0 Å². The topological polar surface area (TPSA) is 94.5 Å². The molecule has 2 atom stereocenters. The van der Waals surface area contributed by atoms with E-state index in [-0.39, 0.29) is 28.5 Å². The van der Waals surface area contributed by atoms with Crippen molar-refractivity contribution in [3.8, 4) is 5.75 Å². The Hall–Kier alpha value is -3.43. The predicted molar refractivity (Wildman–Crippen MR) is 148 cm³/mol. The number of carbonyl (C=O) groups excluding carboxylic acids is 1. The number of benzene rings is 2. The zero-order chi connectivity index (χ0) is 27.1. The molecule has 0 aliphatic carbocycles. The average Bonchev–Trinajstić information content (AvgIpc) is 3.20. The van der Waals surface area contributed by atoms with Gasteiger partial charge in [0.05, 0.1) is 22.9 Å². The van der Waals surface area contributed by atoms with Crippen LogP contribution in [0.4, 0.5) is 10.2 Å². The number of amides is 1. The molecule has 3 N–H and O–H groups in total. The summed E-state index contributed by atoms with van der Waals surface area (Å²) in [6, 6.07) is 10.6. The molecule has 0 unspecified atom stereocenters. The van der Waals surface area contributed by atoms with E-state index in [9.17, 15) is 4.79 Å². The molecule has 0 aliphatic rings. The van der Waals surface area contributed by atoms with Gasteiger partial charge in [-0.15, -0.1) is 0 Å². The third kappa shape index (κ3) is 4.93. The molecule has 194 valence electrons. The van der Waals surface area contributed by atoms with Crippen LogP contribution in [-0.4, -0.2) is 36.6 Å². The highest BCUT2D eigenvalue weighted by Gasteiger charge is 2.37. The number of imidazole rings is 1. The molecule has 0 saturated heterocycles. The van der Waals surface area contributed by atoms with Crippen molar-refractivity contribution < 1.29 is 13.9 Å². The van der Waals surface area contributed by atoms with E-state index >= 15 is 4.39 Å². The second-order valence-corrected chi connectivity index (χ2v) is 12.3. The maximum Gasteiger partial charge on any atom is 0.258 e. The standard InChI is InChI=1S/C27H31ClFN5O2Si/c1-14(2)36-23-18(27(5,37)26-33-16(4)22-24(30)31-11-12-34(22)26)13-19(28)21(29)20(23)25(35)32-15(3)17-9-7-6-8-10-17/h6-15H,1-5,37H3,(H2,30,31)(H,32,35)/t15-,27+/m1/s1. The minimum atomic E-state index is -0.825. The van der Waals surface area contributed by atoms with Crippen LogP contribution in [-0.2, 0) is 5.04 Å². The number of halogens is 2. The molecule has 2 heterocycles. The van der Waals surface area contributed by atoms with Gasteiger partial charge in [-0.1, -0.05) is 48.9 Å². The van der Waals surface area contributed by atoms with Crippen LogP contribution in [0.1, 0.15) is 66.7 Å². The first-order valence-corrected chi connectivity index (χ1v) is 13.5. The maximum atomic E-state index is 15.6. The van der Waals surface area contributed by atoms with Crippen molar-refractivity contribution in [3.05, 3.63) is 87.8 Å². The smallest absolute Gasteiger partial charge is 0.258 e. The van der Waals surface area contributed by atoms with Crippen molar-refractivity contribution >= 4 is 39.1 Å². The van der Waals surface area contributed by atoms with Gasteiger partial charge in [0.2, 0.25) is 0 Å². The quantitative estimate of drug-likeness (QED) is 0.341. The molecular weight excluding hydrogens is 509 g/mol. The van der Waals surface area contributed by atoms with E-state index in [1.807, 2.05) is 69.4 Å². The lowest BCUT2D eigenvalue weighted by Crippen LogP contribution is -2.32. The molecule has 0 spiro atoms. The molecule has 0 aliphatic heterocycles. The highest BCUT2D eigenvalue weighted by atomic mass is 35.5. The van der Waals surface area contributed by atoms with Crippen molar-refractivity contribution in [2.75, 3.05) is 5.73 Å². The largest absolute Gasteiger partial charge is 0.490 e. The summed E-state index contributed by atoms with van der Waals surface area (Å²) in [6.45, 7) is 9.35. The van der Waals surface area contributed by atoms with Crippen LogP contribution in [0.25, 0.3) is 5.52 Å². The van der Waals surface area contributed by atoms with Gasteiger partial charge in [-0.25, -0.2) is 14.4 Å². The molecule has 0 radical (unpaired) electrons. The van der Waals surface area contributed by atoms with Gasteiger partial charge in [0.1, 0.15) is 28.5 Å². The lowest BCUT2D eigenvalue weighted by atomic mass is 9.94. The summed E-state index contributed by atoms with van der Waals surface area (Å²) in [5.41, 5.74) is 8.82. The van der Waals surface area contributed by atoms with Crippen molar-refractivity contribution in [3.63, 3.8) is 0 Å². The molecule has 1 amide bonds. The number of nitrogens with zero attached hydrogens (tertiary/aromatic N) is 3. The number of hydrogen-bond acceptors (Lipinski definition) is 5. The molecule has 37 heavy (non-hydrogen) atoms. The average molecular weight is 540 g/mol. The Morgan fingerprint density at radius 1 is 1.27 bits per heavy atom. The SMILES string of the molecule is Cc1nc([C@@](C)([SiH3])c2cc(Cl)c(F)c(C(=O)N[C@H](C)c3ccccc3)c2OC(C)C)n2ccnc(N)c12. The molecule has 10 heteroatoms. The Balaban J connectivity index is 1.90. The monoisotopic (exact) mass is 539 g/mol. The van der Waals surface area contributed by atoms with Gasteiger partial charge in [0.25, 0.3) is 5.91 Å². The van der Waals surface area contributed by atoms with Gasteiger partial charge in [0.15, 0.2) is 5.82 Å². The molecule has 7 nitrogen and oxygen atoms in total. The number of nitrogen functional groups attached to an aromatic ring is 1. The second kappa shape index (κ2) is 10.1. The number of hydrogen-bond donors (Lipinski definition) is 2. The van der Waals surface area contributed by atoms with E-state index in [4.69, 9.17) is 27.1 Å². The van der Waals surface area contributed by atoms with Crippen LogP contribution in [0.5, 0.6) is 5.75 Å². The lowest BCUT2D eigenvalue weighted by molar-refractivity contribution is 0.0929. The Bertz CT molecular complexity index is 1470. The summed E-state index contributed by atoms with van der Waals surface area (Å²) in [7, 11) is 0.534. The summed E-state index contributed by atoms with van der Waals surface area (Å²) in [5.74, 6) is -0.233. The second-order valence-electron chi connectivity index (χ2n) is 9.87. The first kappa shape index (κ1) is 26.6. The van der Waals surface area contributed by atoms with Crippen LogP contribution < -0.4 is 15.8 Å². The fraction of sp³-hybridized carbons (Fsp3) is 0.296. The van der Waals surface area contributed by atoms with E-state index in [1.54, 1.807) is 18.5 Å².